The molecule has 0 saturated heterocycles. The molecular weight excluding hydrogens is 528 g/mol. The van der Waals surface area contributed by atoms with Gasteiger partial charge in [0.1, 0.15) is 4.90 Å². The average molecular weight is 561 g/mol. The van der Waals surface area contributed by atoms with E-state index in [4.69, 9.17) is 0 Å². The van der Waals surface area contributed by atoms with Crippen LogP contribution in [0.4, 0.5) is 22.1 Å². The Kier molecular flexibility index (Phi) is 7.34. The summed E-state index contributed by atoms with van der Waals surface area (Å²) in [5.74, 6) is 0.312. The Labute approximate surface area is 236 Å². The van der Waals surface area contributed by atoms with Crippen molar-refractivity contribution in [2.75, 3.05) is 17.7 Å². The second-order valence-corrected chi connectivity index (χ2v) is 10.6. The normalized spacial score (nSPS) is 13.1. The summed E-state index contributed by atoms with van der Waals surface area (Å²) in [6.07, 6.45) is 6.59. The fourth-order valence-electron chi connectivity index (χ4n) is 4.06. The Morgan fingerprint density at radius 3 is 2.35 bits per heavy atom. The van der Waals surface area contributed by atoms with Gasteiger partial charge in [-0.25, -0.2) is 19.8 Å². The molecule has 0 spiro atoms. The number of sulfonamides is 1. The van der Waals surface area contributed by atoms with E-state index >= 15 is 0 Å². The summed E-state index contributed by atoms with van der Waals surface area (Å²) >= 11 is 0. The summed E-state index contributed by atoms with van der Waals surface area (Å²) in [6.45, 7) is 3.38. The van der Waals surface area contributed by atoms with Crippen LogP contribution in [0, 0.1) is 13.1 Å². The topological polar surface area (TPSA) is 141 Å². The lowest BCUT2D eigenvalue weighted by molar-refractivity contribution is -0.337. The van der Waals surface area contributed by atoms with Crippen LogP contribution < -0.4 is 16.0 Å². The molecule has 2 aromatic carbocycles. The molecule has 11 nitrogen and oxygen atoms in total. The highest BCUT2D eigenvalue weighted by Crippen LogP contribution is 2.28. The molecule has 3 heterocycles. The van der Waals surface area contributed by atoms with Crippen LogP contribution in [0.25, 0.3) is 22.5 Å². The van der Waals surface area contributed by atoms with Crippen LogP contribution in [0.5, 0.6) is 0 Å². The van der Waals surface area contributed by atoms with Crippen LogP contribution in [-0.4, -0.2) is 52.9 Å². The van der Waals surface area contributed by atoms with Crippen molar-refractivity contribution >= 4 is 45.8 Å². The van der Waals surface area contributed by atoms with Crippen molar-refractivity contribution in [1.29, 1.82) is 0 Å². The van der Waals surface area contributed by atoms with E-state index in [9.17, 15) is 13.2 Å². The van der Waals surface area contributed by atoms with Crippen molar-refractivity contribution in [3.8, 4) is 22.5 Å². The molecule has 1 aliphatic rings. The summed E-state index contributed by atoms with van der Waals surface area (Å²) in [7, 11) is -2.27. The van der Waals surface area contributed by atoms with Crippen LogP contribution in [-0.2, 0) is 10.0 Å². The molecule has 0 saturated carbocycles. The molecule has 0 aliphatic carbocycles. The van der Waals surface area contributed by atoms with E-state index in [-0.39, 0.29) is 15.2 Å². The van der Waals surface area contributed by atoms with Crippen molar-refractivity contribution in [3.63, 3.8) is 0 Å². The number of nitrogens with one attached hydrogen (secondary N) is 3. The molecule has 5 rings (SSSR count). The Morgan fingerprint density at radius 1 is 0.875 bits per heavy atom. The van der Waals surface area contributed by atoms with Gasteiger partial charge in [-0.1, -0.05) is 22.2 Å². The number of anilines is 3. The SMILES string of the molecule is CNC(=O)Nc1ccc(-c2cc(-c3ccnc(Nc4ccc(C)c(S(=O)(=O)[N+]5=CC=N[C]5C)c4)n3)ccn2)cc1.[HH].[HH].[HH]. The van der Waals surface area contributed by atoms with Crippen molar-refractivity contribution < 1.29 is 21.5 Å². The van der Waals surface area contributed by atoms with Crippen molar-refractivity contribution in [1.82, 2.24) is 20.3 Å². The molecule has 2 amide bonds. The average Bonchev–Trinajstić information content (AvgIpc) is 3.41. The van der Waals surface area contributed by atoms with Crippen molar-refractivity contribution in [3.05, 3.63) is 84.8 Å². The molecule has 40 heavy (non-hydrogen) atoms. The smallest absolute Gasteiger partial charge is 0.341 e. The predicted molar refractivity (Wildman–Crippen MR) is 161 cm³/mol. The molecule has 2 aromatic heterocycles. The predicted octanol–water partition coefficient (Wildman–Crippen LogP) is 5.11. The van der Waals surface area contributed by atoms with Gasteiger partial charge >= 0.3 is 22.2 Å². The maximum Gasteiger partial charge on any atom is 0.397 e. The first-order valence-electron chi connectivity index (χ1n) is 12.3. The largest absolute Gasteiger partial charge is 0.397 e. The van der Waals surface area contributed by atoms with E-state index in [1.54, 1.807) is 69.7 Å². The number of benzene rings is 2. The fourth-order valence-corrected chi connectivity index (χ4v) is 5.63. The Balaban J connectivity index is 0.00000215. The molecule has 0 atom stereocenters. The Morgan fingerprint density at radius 2 is 1.62 bits per heavy atom. The summed E-state index contributed by atoms with van der Waals surface area (Å²) < 4.78 is 27.6. The number of aliphatic imine (C=N–C) groups is 1. The number of rotatable bonds is 7. The van der Waals surface area contributed by atoms with Gasteiger partial charge in [0.25, 0.3) is 0 Å². The number of nitrogens with zero attached hydrogens (tertiary/aromatic N) is 5. The van der Waals surface area contributed by atoms with Gasteiger partial charge in [-0.3, -0.25) is 4.98 Å². The molecular formula is C28H32N8O3S+. The zero-order chi connectivity index (χ0) is 28.3. The van der Waals surface area contributed by atoms with Gasteiger partial charge in [0.15, 0.2) is 0 Å². The second kappa shape index (κ2) is 11.0. The van der Waals surface area contributed by atoms with Crippen LogP contribution >= 0.6 is 0 Å². The highest BCUT2D eigenvalue weighted by Gasteiger charge is 2.37. The van der Waals surface area contributed by atoms with Gasteiger partial charge in [0.2, 0.25) is 12.2 Å². The number of carbonyl (C=O) groups is 1. The first-order chi connectivity index (χ1) is 19.2. The van der Waals surface area contributed by atoms with Gasteiger partial charge in [-0.2, -0.15) is 8.42 Å². The maximum atomic E-state index is 13.2. The lowest BCUT2D eigenvalue weighted by atomic mass is 10.1. The number of amides is 2. The number of hydrogen-bond donors (Lipinski definition) is 3. The second-order valence-electron chi connectivity index (χ2n) is 8.86. The summed E-state index contributed by atoms with van der Waals surface area (Å²) in [5, 5.41) is 8.36. The first kappa shape index (κ1) is 26.6. The summed E-state index contributed by atoms with van der Waals surface area (Å²) in [6, 6.07) is 17.7. The molecule has 207 valence electrons. The molecule has 4 aromatic rings. The number of carbonyl (C=O) groups excluding carboxylic acids is 1. The third kappa shape index (κ3) is 5.57. The van der Waals surface area contributed by atoms with E-state index in [0.717, 1.165) is 20.8 Å². The molecule has 12 heteroatoms. The Hall–Kier alpha value is -4.97. The van der Waals surface area contributed by atoms with Gasteiger partial charge < -0.3 is 16.0 Å². The van der Waals surface area contributed by atoms with E-state index in [1.807, 2.05) is 24.3 Å². The molecule has 3 N–H and O–H groups in total. The molecule has 0 unspecified atom stereocenters. The standard InChI is InChI=1S/C28H26N8O3S.3H2/c1-18-4-7-23(17-26(18)40(38,39)36-15-14-30-19(36)2)33-27-32-13-11-24(35-27)21-10-12-31-25(16-21)20-5-8-22(9-6-20)34-28(37)29-3;;;/h4-17H,1-3H3,(H2,29,34,37)(H,32,33,35);3*1H/q+1;;;. The minimum absolute atomic E-state index is 0. The number of hydrogen-bond acceptors (Lipinski definition) is 8. The first-order valence-corrected chi connectivity index (χ1v) is 13.7. The van der Waals surface area contributed by atoms with Gasteiger partial charge in [-0.15, -0.1) is 0 Å². The number of pyridine rings is 1. The monoisotopic (exact) mass is 560 g/mol. The molecule has 1 aliphatic heterocycles. The third-order valence-corrected chi connectivity index (χ3v) is 8.04. The molecule has 0 fully saturated rings. The number of urea groups is 1. The Bertz CT molecular complexity index is 1770. The van der Waals surface area contributed by atoms with Crippen molar-refractivity contribution in [2.45, 2.75) is 18.7 Å². The molecule has 0 bridgehead atoms. The zero-order valence-electron chi connectivity index (χ0n) is 22.0. The third-order valence-electron chi connectivity index (χ3n) is 6.14. The number of aryl methyl sites for hydroxylation is 1. The van der Waals surface area contributed by atoms with Crippen LogP contribution in [0.1, 0.15) is 16.8 Å². The minimum Gasteiger partial charge on any atom is -0.341 e. The lowest BCUT2D eigenvalue weighted by Gasteiger charge is -2.11. The van der Waals surface area contributed by atoms with Crippen molar-refractivity contribution in [2.24, 2.45) is 4.99 Å². The summed E-state index contributed by atoms with van der Waals surface area (Å²) in [5.41, 5.74) is 4.89. The van der Waals surface area contributed by atoms with E-state index in [2.05, 4.69) is 35.9 Å². The highest BCUT2D eigenvalue weighted by atomic mass is 32.2. The lowest BCUT2D eigenvalue weighted by Crippen LogP contribution is -2.24. The highest BCUT2D eigenvalue weighted by molar-refractivity contribution is 7.85. The number of aromatic nitrogens is 3. The van der Waals surface area contributed by atoms with E-state index in [1.165, 1.54) is 12.4 Å². The van der Waals surface area contributed by atoms with Gasteiger partial charge in [0, 0.05) is 53.1 Å². The minimum atomic E-state index is -3.82. The van der Waals surface area contributed by atoms with Crippen LogP contribution in [0.2, 0.25) is 0 Å². The quantitative estimate of drug-likeness (QED) is 0.267. The van der Waals surface area contributed by atoms with E-state index < -0.39 is 10.0 Å². The summed E-state index contributed by atoms with van der Waals surface area (Å²) in [4.78, 5) is 29.2. The fraction of sp³-hybridized carbons (Fsp3) is 0.107. The zero-order valence-corrected chi connectivity index (χ0v) is 22.8. The van der Waals surface area contributed by atoms with Crippen LogP contribution in [0.15, 0.2) is 82.9 Å². The van der Waals surface area contributed by atoms with Gasteiger partial charge in [0.05, 0.1) is 17.6 Å². The van der Waals surface area contributed by atoms with E-state index in [0.29, 0.717) is 34.7 Å². The van der Waals surface area contributed by atoms with Gasteiger partial charge in [-0.05, 0) is 55.0 Å². The molecule has 1 radical (unpaired) electrons. The maximum absolute atomic E-state index is 13.2. The van der Waals surface area contributed by atoms with Crippen LogP contribution in [0.3, 0.4) is 0 Å².